The van der Waals surface area contributed by atoms with E-state index in [4.69, 9.17) is 10.5 Å². The van der Waals surface area contributed by atoms with Gasteiger partial charge in [-0.2, -0.15) is 0 Å². The van der Waals surface area contributed by atoms with Crippen LogP contribution in [0.3, 0.4) is 0 Å². The van der Waals surface area contributed by atoms with Crippen LogP contribution in [-0.2, 0) is 11.2 Å². The standard InChI is InChI=1S/C11H16BrNOS/c12-10-3-2-9(15-10)8-11(13)4-1-6-14-7-5-11/h2-3H,1,4-8,13H2. The van der Waals surface area contributed by atoms with Gasteiger partial charge in [0.25, 0.3) is 0 Å². The molecule has 15 heavy (non-hydrogen) atoms. The molecule has 1 saturated heterocycles. The Bertz CT molecular complexity index is 318. The van der Waals surface area contributed by atoms with Gasteiger partial charge >= 0.3 is 0 Å². The Hall–Kier alpha value is 0.1000. The summed E-state index contributed by atoms with van der Waals surface area (Å²) >= 11 is 5.27. The first-order valence-corrected chi connectivity index (χ1v) is 6.90. The van der Waals surface area contributed by atoms with E-state index in [1.165, 1.54) is 8.66 Å². The molecule has 1 unspecified atom stereocenters. The second-order valence-electron chi connectivity index (χ2n) is 4.21. The molecule has 0 aliphatic carbocycles. The molecule has 0 spiro atoms. The molecule has 1 atom stereocenters. The number of hydrogen-bond donors (Lipinski definition) is 1. The lowest BCUT2D eigenvalue weighted by molar-refractivity contribution is 0.139. The topological polar surface area (TPSA) is 35.2 Å². The van der Waals surface area contributed by atoms with Gasteiger partial charge in [0.15, 0.2) is 0 Å². The molecule has 1 aromatic rings. The highest BCUT2D eigenvalue weighted by atomic mass is 79.9. The van der Waals surface area contributed by atoms with Crippen molar-refractivity contribution in [3.63, 3.8) is 0 Å². The third-order valence-corrected chi connectivity index (χ3v) is 4.49. The van der Waals surface area contributed by atoms with Crippen LogP contribution in [0.1, 0.15) is 24.1 Å². The van der Waals surface area contributed by atoms with E-state index in [-0.39, 0.29) is 5.54 Å². The summed E-state index contributed by atoms with van der Waals surface area (Å²) in [6.07, 6.45) is 4.11. The molecule has 1 aliphatic rings. The fourth-order valence-corrected chi connectivity index (χ4v) is 3.64. The molecule has 2 rings (SSSR count). The summed E-state index contributed by atoms with van der Waals surface area (Å²) in [5.74, 6) is 0. The predicted molar refractivity (Wildman–Crippen MR) is 67.3 cm³/mol. The van der Waals surface area contributed by atoms with Crippen molar-refractivity contribution in [1.29, 1.82) is 0 Å². The van der Waals surface area contributed by atoms with E-state index in [2.05, 4.69) is 28.1 Å². The highest BCUT2D eigenvalue weighted by molar-refractivity contribution is 9.11. The molecule has 4 heteroatoms. The van der Waals surface area contributed by atoms with Crippen LogP contribution in [0.4, 0.5) is 0 Å². The molecule has 84 valence electrons. The summed E-state index contributed by atoms with van der Waals surface area (Å²) in [7, 11) is 0. The summed E-state index contributed by atoms with van der Waals surface area (Å²) in [4.78, 5) is 1.37. The number of rotatable bonds is 2. The Morgan fingerprint density at radius 3 is 3.00 bits per heavy atom. The molecule has 0 saturated carbocycles. The average molecular weight is 290 g/mol. The normalized spacial score (nSPS) is 27.6. The van der Waals surface area contributed by atoms with E-state index in [9.17, 15) is 0 Å². The molecular formula is C11H16BrNOS. The molecule has 0 aromatic carbocycles. The van der Waals surface area contributed by atoms with E-state index < -0.39 is 0 Å². The van der Waals surface area contributed by atoms with Crippen molar-refractivity contribution in [2.45, 2.75) is 31.2 Å². The summed E-state index contributed by atoms with van der Waals surface area (Å²) in [5.41, 5.74) is 6.36. The molecule has 0 bridgehead atoms. The fraction of sp³-hybridized carbons (Fsp3) is 0.636. The SMILES string of the molecule is NC1(Cc2ccc(Br)s2)CCCOCC1. The molecule has 1 aromatic heterocycles. The minimum atomic E-state index is -0.0548. The zero-order chi connectivity index (χ0) is 10.7. The van der Waals surface area contributed by atoms with Crippen LogP contribution < -0.4 is 5.73 Å². The second kappa shape index (κ2) is 4.95. The highest BCUT2D eigenvalue weighted by Gasteiger charge is 2.27. The lowest BCUT2D eigenvalue weighted by Gasteiger charge is -2.26. The number of nitrogens with two attached hydrogens (primary N) is 1. The first-order valence-electron chi connectivity index (χ1n) is 5.29. The molecule has 1 aliphatic heterocycles. The van der Waals surface area contributed by atoms with E-state index >= 15 is 0 Å². The van der Waals surface area contributed by atoms with Crippen LogP contribution in [-0.4, -0.2) is 18.8 Å². The molecule has 2 N–H and O–H groups in total. The Morgan fingerprint density at radius 1 is 1.40 bits per heavy atom. The number of halogens is 1. The third kappa shape index (κ3) is 3.28. The van der Waals surface area contributed by atoms with Crippen molar-refractivity contribution in [2.24, 2.45) is 5.73 Å². The van der Waals surface area contributed by atoms with Crippen LogP contribution in [0, 0.1) is 0 Å². The maximum absolute atomic E-state index is 6.41. The molecule has 0 amide bonds. The Balaban J connectivity index is 2.02. The van der Waals surface area contributed by atoms with E-state index in [0.717, 1.165) is 38.9 Å². The number of hydrogen-bond acceptors (Lipinski definition) is 3. The van der Waals surface area contributed by atoms with Gasteiger partial charge in [0, 0.05) is 23.6 Å². The zero-order valence-corrected chi connectivity index (χ0v) is 11.1. The van der Waals surface area contributed by atoms with E-state index in [1.54, 1.807) is 11.3 Å². The van der Waals surface area contributed by atoms with E-state index in [0.29, 0.717) is 0 Å². The van der Waals surface area contributed by atoms with E-state index in [1.807, 2.05) is 0 Å². The maximum Gasteiger partial charge on any atom is 0.0701 e. The van der Waals surface area contributed by atoms with Gasteiger partial charge in [-0.05, 0) is 53.7 Å². The van der Waals surface area contributed by atoms with Gasteiger partial charge in [0.2, 0.25) is 0 Å². The van der Waals surface area contributed by atoms with Crippen molar-refractivity contribution in [2.75, 3.05) is 13.2 Å². The van der Waals surface area contributed by atoms with Gasteiger partial charge < -0.3 is 10.5 Å². The Labute approximate surface area is 103 Å². The fourth-order valence-electron chi connectivity index (χ4n) is 2.00. The predicted octanol–water partition coefficient (Wildman–Crippen LogP) is 2.95. The van der Waals surface area contributed by atoms with Crippen molar-refractivity contribution in [3.8, 4) is 0 Å². The van der Waals surface area contributed by atoms with Crippen LogP contribution in [0.15, 0.2) is 15.9 Å². The van der Waals surface area contributed by atoms with Crippen molar-refractivity contribution >= 4 is 27.3 Å². The largest absolute Gasteiger partial charge is 0.381 e. The van der Waals surface area contributed by atoms with Gasteiger partial charge in [-0.15, -0.1) is 11.3 Å². The summed E-state index contributed by atoms with van der Waals surface area (Å²) < 4.78 is 6.63. The lowest BCUT2D eigenvalue weighted by atomic mass is 9.88. The average Bonchev–Trinajstić information content (AvgIpc) is 2.46. The van der Waals surface area contributed by atoms with Crippen LogP contribution >= 0.6 is 27.3 Å². The quantitative estimate of drug-likeness (QED) is 0.909. The van der Waals surface area contributed by atoms with Crippen molar-refractivity contribution in [1.82, 2.24) is 0 Å². The minimum Gasteiger partial charge on any atom is -0.381 e. The molecule has 2 nitrogen and oxygen atoms in total. The van der Waals surface area contributed by atoms with Gasteiger partial charge in [-0.3, -0.25) is 0 Å². The number of ether oxygens (including phenoxy) is 1. The van der Waals surface area contributed by atoms with Crippen LogP contribution in [0.25, 0.3) is 0 Å². The van der Waals surface area contributed by atoms with Crippen molar-refractivity contribution < 1.29 is 4.74 Å². The first-order chi connectivity index (χ1) is 7.18. The lowest BCUT2D eigenvalue weighted by Crippen LogP contribution is -2.42. The van der Waals surface area contributed by atoms with Gasteiger partial charge in [0.05, 0.1) is 3.79 Å². The van der Waals surface area contributed by atoms with Gasteiger partial charge in [0.1, 0.15) is 0 Å². The number of thiophene rings is 1. The molecule has 1 fully saturated rings. The molecular weight excluding hydrogens is 274 g/mol. The van der Waals surface area contributed by atoms with Crippen LogP contribution in [0.5, 0.6) is 0 Å². The zero-order valence-electron chi connectivity index (χ0n) is 8.67. The van der Waals surface area contributed by atoms with Crippen molar-refractivity contribution in [3.05, 3.63) is 20.8 Å². The minimum absolute atomic E-state index is 0.0548. The second-order valence-corrected chi connectivity index (χ2v) is 6.76. The Kier molecular flexibility index (Phi) is 3.83. The monoisotopic (exact) mass is 289 g/mol. The summed E-state index contributed by atoms with van der Waals surface area (Å²) in [6.45, 7) is 1.68. The highest BCUT2D eigenvalue weighted by Crippen LogP contribution is 2.29. The van der Waals surface area contributed by atoms with Gasteiger partial charge in [-0.1, -0.05) is 0 Å². The summed E-state index contributed by atoms with van der Waals surface area (Å²) in [5, 5.41) is 0. The third-order valence-electron chi connectivity index (χ3n) is 2.86. The summed E-state index contributed by atoms with van der Waals surface area (Å²) in [6, 6.07) is 4.26. The van der Waals surface area contributed by atoms with Crippen LogP contribution in [0.2, 0.25) is 0 Å². The van der Waals surface area contributed by atoms with Gasteiger partial charge in [-0.25, -0.2) is 0 Å². The molecule has 2 heterocycles. The molecule has 0 radical (unpaired) electrons. The maximum atomic E-state index is 6.41. The smallest absolute Gasteiger partial charge is 0.0701 e. The Morgan fingerprint density at radius 2 is 2.27 bits per heavy atom. The first kappa shape index (κ1) is 11.6.